The number of amides is 1. The molecule has 0 heterocycles. The van der Waals surface area contributed by atoms with E-state index in [1.807, 2.05) is 12.1 Å². The number of fused-ring (bicyclic) bond motifs is 3. The van der Waals surface area contributed by atoms with Crippen molar-refractivity contribution in [1.29, 1.82) is 0 Å². The number of aliphatic hydroxyl groups excluding tert-OH is 2. The second-order valence-electron chi connectivity index (χ2n) is 11.3. The normalized spacial score (nSPS) is 25.4. The van der Waals surface area contributed by atoms with Crippen molar-refractivity contribution in [3.05, 3.63) is 70.2 Å². The highest BCUT2D eigenvalue weighted by Gasteiger charge is 2.64. The van der Waals surface area contributed by atoms with Crippen molar-refractivity contribution in [2.45, 2.75) is 32.3 Å². The van der Waals surface area contributed by atoms with E-state index in [-0.39, 0.29) is 29.7 Å². The summed E-state index contributed by atoms with van der Waals surface area (Å²) in [5.41, 5.74) is 4.42. The van der Waals surface area contributed by atoms with Crippen LogP contribution in [0.15, 0.2) is 53.5 Å². The Morgan fingerprint density at radius 2 is 1.81 bits per heavy atom. The molecule has 10 heteroatoms. The van der Waals surface area contributed by atoms with Gasteiger partial charge in [-0.15, -0.1) is 0 Å². The standard InChI is InChI=1S/C32H33NO9/c1-14(2)23-20-13-16-12-19-17(18-11-15(9-10-41-3)5-8-22(18)42-4)6-7-21(34)25(19)28(36)24(16)29(37)32(20,40)30(38)26(27(23)35)31(33)39/h5-11,14,16,20,23,34,36,38,40H,12-13H2,1-4H3,(H2,33,39)/b10-9+/t16-,20-,23-,32-/m0/s1. The van der Waals surface area contributed by atoms with Crippen LogP contribution < -0.4 is 10.5 Å². The summed E-state index contributed by atoms with van der Waals surface area (Å²) in [6.45, 7) is 3.45. The third-order valence-electron chi connectivity index (χ3n) is 8.76. The predicted octanol–water partition coefficient (Wildman–Crippen LogP) is 3.60. The number of carbonyl (C=O) groups excluding carboxylic acids is 3. The van der Waals surface area contributed by atoms with E-state index in [1.54, 1.807) is 32.1 Å². The Kier molecular flexibility index (Phi) is 7.14. The molecule has 3 aliphatic rings. The Bertz CT molecular complexity index is 1620. The Labute approximate surface area is 242 Å². The summed E-state index contributed by atoms with van der Waals surface area (Å²) < 4.78 is 10.7. The largest absolute Gasteiger partial charge is 0.508 e. The lowest BCUT2D eigenvalue weighted by molar-refractivity contribution is -0.155. The maximum absolute atomic E-state index is 14.1. The molecule has 0 aromatic heterocycles. The van der Waals surface area contributed by atoms with E-state index >= 15 is 0 Å². The lowest BCUT2D eigenvalue weighted by Crippen LogP contribution is -2.62. The first-order valence-corrected chi connectivity index (χ1v) is 13.6. The number of primary amides is 1. The van der Waals surface area contributed by atoms with Gasteiger partial charge >= 0.3 is 0 Å². The molecule has 0 bridgehead atoms. The number of carbonyl (C=O) groups is 3. The highest BCUT2D eigenvalue weighted by molar-refractivity contribution is 6.23. The van der Waals surface area contributed by atoms with Gasteiger partial charge in [0.1, 0.15) is 28.6 Å². The van der Waals surface area contributed by atoms with Crippen molar-refractivity contribution in [2.75, 3.05) is 14.2 Å². The number of phenols is 1. The van der Waals surface area contributed by atoms with Gasteiger partial charge in [0.2, 0.25) is 5.78 Å². The first-order valence-electron chi connectivity index (χ1n) is 13.6. The minimum Gasteiger partial charge on any atom is -0.508 e. The number of phenolic OH excluding ortho intramolecular Hbond substituents is 1. The molecule has 2 aromatic rings. The zero-order chi connectivity index (χ0) is 30.7. The number of rotatable bonds is 6. The van der Waals surface area contributed by atoms with Gasteiger partial charge in [0.15, 0.2) is 11.4 Å². The summed E-state index contributed by atoms with van der Waals surface area (Å²) in [4.78, 5) is 39.6. The van der Waals surface area contributed by atoms with Crippen LogP contribution in [0.5, 0.6) is 11.5 Å². The maximum atomic E-state index is 14.1. The third kappa shape index (κ3) is 4.08. The van der Waals surface area contributed by atoms with Crippen LogP contribution in [0.3, 0.4) is 0 Å². The van der Waals surface area contributed by atoms with E-state index < -0.39 is 63.8 Å². The quantitative estimate of drug-likeness (QED) is 0.254. The topological polar surface area (TPSA) is 177 Å². The van der Waals surface area contributed by atoms with Crippen molar-refractivity contribution < 1.29 is 44.3 Å². The van der Waals surface area contributed by atoms with Gasteiger partial charge in [0, 0.05) is 23.0 Å². The fourth-order valence-electron chi connectivity index (χ4n) is 6.92. The molecule has 1 saturated carbocycles. The number of nitrogens with two attached hydrogens (primary N) is 1. The molecule has 6 N–H and O–H groups in total. The van der Waals surface area contributed by atoms with E-state index in [1.165, 1.54) is 26.5 Å². The molecular weight excluding hydrogens is 542 g/mol. The van der Waals surface area contributed by atoms with Crippen molar-refractivity contribution in [3.8, 4) is 22.6 Å². The first kappa shape index (κ1) is 28.9. The summed E-state index contributed by atoms with van der Waals surface area (Å²) in [5, 5.41) is 45.2. The van der Waals surface area contributed by atoms with Crippen molar-refractivity contribution in [2.24, 2.45) is 29.4 Å². The van der Waals surface area contributed by atoms with Crippen LogP contribution >= 0.6 is 0 Å². The molecule has 0 aliphatic heterocycles. The van der Waals surface area contributed by atoms with Crippen LogP contribution in [0, 0.1) is 23.7 Å². The number of aliphatic hydroxyl groups is 3. The molecule has 10 nitrogen and oxygen atoms in total. The summed E-state index contributed by atoms with van der Waals surface area (Å²) in [6.07, 6.45) is 3.49. The number of hydrogen-bond donors (Lipinski definition) is 5. The van der Waals surface area contributed by atoms with Crippen molar-refractivity contribution >= 4 is 29.3 Å². The predicted molar refractivity (Wildman–Crippen MR) is 153 cm³/mol. The molecule has 3 aliphatic carbocycles. The minimum atomic E-state index is -2.65. The molecule has 0 spiro atoms. The van der Waals surface area contributed by atoms with Gasteiger partial charge in [0.05, 0.1) is 26.0 Å². The summed E-state index contributed by atoms with van der Waals surface area (Å²) in [7, 11) is 3.06. The van der Waals surface area contributed by atoms with Gasteiger partial charge in [-0.3, -0.25) is 14.4 Å². The van der Waals surface area contributed by atoms with E-state index in [0.29, 0.717) is 22.4 Å². The van der Waals surface area contributed by atoms with Gasteiger partial charge in [-0.25, -0.2) is 0 Å². The number of ether oxygens (including phenoxy) is 2. The van der Waals surface area contributed by atoms with Crippen LogP contribution in [0.25, 0.3) is 23.0 Å². The molecule has 1 amide bonds. The number of methoxy groups -OCH3 is 2. The van der Waals surface area contributed by atoms with Gasteiger partial charge in [0.25, 0.3) is 5.91 Å². The molecule has 4 atom stereocenters. The summed E-state index contributed by atoms with van der Waals surface area (Å²) >= 11 is 0. The number of benzene rings is 2. The molecule has 2 aromatic carbocycles. The van der Waals surface area contributed by atoms with E-state index in [2.05, 4.69) is 0 Å². The van der Waals surface area contributed by atoms with Crippen molar-refractivity contribution in [1.82, 2.24) is 0 Å². The first-order chi connectivity index (χ1) is 19.9. The molecular formula is C32H33NO9. The second-order valence-corrected chi connectivity index (χ2v) is 11.3. The molecule has 42 heavy (non-hydrogen) atoms. The smallest absolute Gasteiger partial charge is 0.255 e. The molecule has 1 fully saturated rings. The van der Waals surface area contributed by atoms with Crippen LogP contribution in [-0.4, -0.2) is 57.7 Å². The van der Waals surface area contributed by atoms with E-state index in [4.69, 9.17) is 15.2 Å². The number of Topliss-reactive ketones (excluding diaryl/α,β-unsaturated/α-hetero) is 2. The average molecular weight is 576 g/mol. The lowest BCUT2D eigenvalue weighted by Gasteiger charge is -2.50. The third-order valence-corrected chi connectivity index (χ3v) is 8.76. The fourth-order valence-corrected chi connectivity index (χ4v) is 6.92. The van der Waals surface area contributed by atoms with E-state index in [9.17, 15) is 34.8 Å². The van der Waals surface area contributed by atoms with E-state index in [0.717, 1.165) is 5.56 Å². The number of hydrogen-bond acceptors (Lipinski definition) is 9. The Morgan fingerprint density at radius 1 is 1.10 bits per heavy atom. The minimum absolute atomic E-state index is 0.0138. The number of aromatic hydroxyl groups is 1. The maximum Gasteiger partial charge on any atom is 0.255 e. The van der Waals surface area contributed by atoms with Gasteiger partial charge < -0.3 is 35.6 Å². The zero-order valence-corrected chi connectivity index (χ0v) is 23.7. The van der Waals surface area contributed by atoms with Gasteiger partial charge in [-0.2, -0.15) is 0 Å². The van der Waals surface area contributed by atoms with Crippen LogP contribution in [0.2, 0.25) is 0 Å². The van der Waals surface area contributed by atoms with Gasteiger partial charge in [-0.1, -0.05) is 26.0 Å². The zero-order valence-electron chi connectivity index (χ0n) is 23.7. The molecule has 0 saturated heterocycles. The average Bonchev–Trinajstić information content (AvgIpc) is 2.93. The monoisotopic (exact) mass is 575 g/mol. The van der Waals surface area contributed by atoms with Crippen LogP contribution in [0.1, 0.15) is 37.0 Å². The van der Waals surface area contributed by atoms with Crippen molar-refractivity contribution in [3.63, 3.8) is 0 Å². The van der Waals surface area contributed by atoms with Gasteiger partial charge in [-0.05, 0) is 65.6 Å². The highest BCUT2D eigenvalue weighted by atomic mass is 16.5. The second kappa shape index (κ2) is 10.4. The molecule has 0 unspecified atom stereocenters. The summed E-state index contributed by atoms with van der Waals surface area (Å²) in [6, 6.07) is 8.58. The Morgan fingerprint density at radius 3 is 2.43 bits per heavy atom. The Hall–Kier alpha value is -4.57. The number of ketones is 2. The van der Waals surface area contributed by atoms with Crippen LogP contribution in [0.4, 0.5) is 0 Å². The highest BCUT2D eigenvalue weighted by Crippen LogP contribution is 2.55. The fraction of sp³-hybridized carbons (Fsp3) is 0.344. The Balaban J connectivity index is 1.74. The summed E-state index contributed by atoms with van der Waals surface area (Å²) in [5.74, 6) is -7.56. The molecule has 0 radical (unpaired) electrons. The SMILES string of the molecule is CO/C=C/c1ccc(OC)c(-c2ccc(O)c3c2C[C@H]2C[C@H]4[C@H](C(C)C)C(=O)C(C(N)=O)=C(O)[C@@]4(O)C(=O)C2=C3O)c1. The molecule has 220 valence electrons. The van der Waals surface area contributed by atoms with Crippen LogP contribution in [-0.2, 0) is 25.5 Å². The molecule has 5 rings (SSSR count). The lowest BCUT2D eigenvalue weighted by atomic mass is 9.54.